The van der Waals surface area contributed by atoms with Crippen molar-refractivity contribution < 1.29 is 10.2 Å². The molecule has 0 saturated heterocycles. The maximum Gasteiger partial charge on any atom is 0.124 e. The van der Waals surface area contributed by atoms with Crippen LogP contribution in [0, 0.1) is 0 Å². The van der Waals surface area contributed by atoms with E-state index < -0.39 is 0 Å². The fourth-order valence-corrected chi connectivity index (χ4v) is 5.71. The third-order valence-electron chi connectivity index (χ3n) is 7.41. The fraction of sp³-hybridized carbons (Fsp3) is 0. The van der Waals surface area contributed by atoms with Crippen molar-refractivity contribution in [2.75, 3.05) is 0 Å². The maximum atomic E-state index is 11.6. The molecule has 39 heavy (non-hydrogen) atoms. The maximum absolute atomic E-state index is 11.6. The molecule has 0 unspecified atom stereocenters. The van der Waals surface area contributed by atoms with E-state index in [0.717, 1.165) is 66.3 Å². The summed E-state index contributed by atoms with van der Waals surface area (Å²) < 4.78 is 0. The number of hydrogen-bond donors (Lipinski definition) is 3. The highest BCUT2D eigenvalue weighted by atomic mass is 16.3. The Morgan fingerprint density at radius 2 is 0.692 bits per heavy atom. The summed E-state index contributed by atoms with van der Waals surface area (Å²) in [5, 5.41) is 25.0. The quantitative estimate of drug-likeness (QED) is 0.224. The van der Waals surface area contributed by atoms with Crippen molar-refractivity contribution in [1.82, 2.24) is 4.98 Å². The molecule has 3 heteroatoms. The van der Waals surface area contributed by atoms with Gasteiger partial charge in [0.25, 0.3) is 0 Å². The number of H-pyrrole nitrogens is 1. The van der Waals surface area contributed by atoms with Gasteiger partial charge < -0.3 is 15.2 Å². The summed E-state index contributed by atoms with van der Waals surface area (Å²) >= 11 is 0. The summed E-state index contributed by atoms with van der Waals surface area (Å²) in [4.78, 5) is 3.76. The van der Waals surface area contributed by atoms with Gasteiger partial charge in [0.15, 0.2) is 0 Å². The molecule has 0 fully saturated rings. The van der Waals surface area contributed by atoms with Crippen molar-refractivity contribution in [3.63, 3.8) is 0 Å². The van der Waals surface area contributed by atoms with Gasteiger partial charge in [0.05, 0.1) is 11.0 Å². The Morgan fingerprint density at radius 3 is 1.03 bits per heavy atom. The molecule has 0 atom stereocenters. The molecule has 7 aromatic rings. The van der Waals surface area contributed by atoms with Gasteiger partial charge in [0.2, 0.25) is 0 Å². The first-order valence-corrected chi connectivity index (χ1v) is 13.0. The number of nitrogens with one attached hydrogen (secondary N) is 1. The Labute approximate surface area is 226 Å². The largest absolute Gasteiger partial charge is 0.507 e. The van der Waals surface area contributed by atoms with Crippen LogP contribution >= 0.6 is 0 Å². The zero-order valence-corrected chi connectivity index (χ0v) is 21.1. The molecule has 0 radical (unpaired) electrons. The molecular formula is C36H25NO2. The normalized spacial score (nSPS) is 11.3. The van der Waals surface area contributed by atoms with Gasteiger partial charge in [-0.2, -0.15) is 0 Å². The Kier molecular flexibility index (Phi) is 5.42. The lowest BCUT2D eigenvalue weighted by Gasteiger charge is -2.15. The van der Waals surface area contributed by atoms with E-state index in [2.05, 4.69) is 29.2 Å². The number of phenolic OH excluding ortho intramolecular Hbond substituents is 2. The van der Waals surface area contributed by atoms with E-state index in [1.165, 1.54) is 0 Å². The molecule has 0 aliphatic rings. The molecule has 0 aliphatic carbocycles. The molecule has 3 N–H and O–H groups in total. The average molecular weight is 504 g/mol. The van der Waals surface area contributed by atoms with Crippen molar-refractivity contribution >= 4 is 21.8 Å². The van der Waals surface area contributed by atoms with Gasteiger partial charge in [-0.15, -0.1) is 0 Å². The van der Waals surface area contributed by atoms with Gasteiger partial charge in [-0.25, -0.2) is 0 Å². The molecule has 0 aliphatic heterocycles. The van der Waals surface area contributed by atoms with Crippen molar-refractivity contribution in [1.29, 1.82) is 0 Å². The minimum atomic E-state index is 0.192. The number of phenols is 2. The number of benzene rings is 6. The Bertz CT molecular complexity index is 1800. The molecule has 1 aromatic heterocycles. The van der Waals surface area contributed by atoms with E-state index >= 15 is 0 Å². The monoisotopic (exact) mass is 503 g/mol. The van der Waals surface area contributed by atoms with Crippen molar-refractivity contribution in [2.45, 2.75) is 0 Å². The van der Waals surface area contributed by atoms with E-state index in [0.29, 0.717) is 0 Å². The van der Waals surface area contributed by atoms with Crippen molar-refractivity contribution in [3.05, 3.63) is 133 Å². The standard InChI is InChI=1S/C36H25NO2/c38-29-21-27(23-13-5-1-6-14-23)35-33(31(29)25-17-9-3-10-18-25)34-32(26-19-11-4-12-20-26)30(39)22-28(36(34)37-35)24-15-7-2-8-16-24/h1-22,37-39H. The number of aromatic amines is 1. The van der Waals surface area contributed by atoms with Crippen LogP contribution < -0.4 is 0 Å². The predicted molar refractivity (Wildman–Crippen MR) is 161 cm³/mol. The first kappa shape index (κ1) is 22.9. The van der Waals surface area contributed by atoms with E-state index in [-0.39, 0.29) is 11.5 Å². The molecule has 0 spiro atoms. The summed E-state index contributed by atoms with van der Waals surface area (Å²) in [5.74, 6) is 0.383. The van der Waals surface area contributed by atoms with Crippen LogP contribution in [0.4, 0.5) is 0 Å². The molecular weight excluding hydrogens is 478 g/mol. The molecule has 0 amide bonds. The Hall–Kier alpha value is -5.28. The minimum Gasteiger partial charge on any atom is -0.507 e. The highest BCUT2D eigenvalue weighted by Crippen LogP contribution is 2.51. The van der Waals surface area contributed by atoms with E-state index in [9.17, 15) is 10.2 Å². The van der Waals surface area contributed by atoms with Crippen molar-refractivity contribution in [3.8, 4) is 56.0 Å². The zero-order chi connectivity index (χ0) is 26.3. The second kappa shape index (κ2) is 9.23. The highest BCUT2D eigenvalue weighted by molar-refractivity contribution is 6.26. The third-order valence-corrected chi connectivity index (χ3v) is 7.41. The van der Waals surface area contributed by atoms with Crippen LogP contribution in [0.15, 0.2) is 133 Å². The second-order valence-corrected chi connectivity index (χ2v) is 9.73. The molecule has 3 nitrogen and oxygen atoms in total. The van der Waals surface area contributed by atoms with Crippen LogP contribution in [0.2, 0.25) is 0 Å². The number of fused-ring (bicyclic) bond motifs is 3. The lowest BCUT2D eigenvalue weighted by atomic mass is 9.89. The van der Waals surface area contributed by atoms with Crippen LogP contribution in [0.3, 0.4) is 0 Å². The number of hydrogen-bond acceptors (Lipinski definition) is 2. The SMILES string of the molecule is Oc1cc(-c2ccccc2)c2[nH]c3c(-c4ccccc4)cc(O)c(-c4ccccc4)c3c2c1-c1ccccc1. The summed E-state index contributed by atoms with van der Waals surface area (Å²) in [6.07, 6.45) is 0. The zero-order valence-electron chi connectivity index (χ0n) is 21.1. The topological polar surface area (TPSA) is 56.2 Å². The van der Waals surface area contributed by atoms with Gasteiger partial charge in [0, 0.05) is 33.0 Å². The predicted octanol–water partition coefficient (Wildman–Crippen LogP) is 9.40. The lowest BCUT2D eigenvalue weighted by molar-refractivity contribution is 0.477. The fourth-order valence-electron chi connectivity index (χ4n) is 5.71. The summed E-state index contributed by atoms with van der Waals surface area (Å²) in [7, 11) is 0. The summed E-state index contributed by atoms with van der Waals surface area (Å²) in [6, 6.07) is 43.8. The molecule has 1 heterocycles. The van der Waals surface area contributed by atoms with Crippen LogP contribution in [0.1, 0.15) is 0 Å². The molecule has 6 aromatic carbocycles. The summed E-state index contributed by atoms with van der Waals surface area (Å²) in [5.41, 5.74) is 8.89. The molecule has 7 rings (SSSR count). The molecule has 186 valence electrons. The van der Waals surface area contributed by atoms with Gasteiger partial charge in [-0.1, -0.05) is 121 Å². The average Bonchev–Trinajstić information content (AvgIpc) is 3.38. The van der Waals surface area contributed by atoms with Gasteiger partial charge in [-0.3, -0.25) is 0 Å². The highest BCUT2D eigenvalue weighted by Gasteiger charge is 2.25. The van der Waals surface area contributed by atoms with Crippen molar-refractivity contribution in [2.24, 2.45) is 0 Å². The number of rotatable bonds is 4. The van der Waals surface area contributed by atoms with E-state index in [1.807, 2.05) is 109 Å². The molecule has 0 bridgehead atoms. The van der Waals surface area contributed by atoms with E-state index in [4.69, 9.17) is 0 Å². The molecule has 0 saturated carbocycles. The number of aromatic hydroxyl groups is 2. The first-order chi connectivity index (χ1) is 19.2. The lowest BCUT2D eigenvalue weighted by Crippen LogP contribution is -1.88. The smallest absolute Gasteiger partial charge is 0.124 e. The van der Waals surface area contributed by atoms with Crippen LogP contribution in [-0.2, 0) is 0 Å². The second-order valence-electron chi connectivity index (χ2n) is 9.73. The van der Waals surface area contributed by atoms with E-state index in [1.54, 1.807) is 0 Å². The summed E-state index contributed by atoms with van der Waals surface area (Å²) in [6.45, 7) is 0. The first-order valence-electron chi connectivity index (χ1n) is 13.0. The third kappa shape index (κ3) is 3.75. The van der Waals surface area contributed by atoms with Gasteiger partial charge >= 0.3 is 0 Å². The Balaban J connectivity index is 1.74. The van der Waals surface area contributed by atoms with Crippen LogP contribution in [0.25, 0.3) is 66.3 Å². The van der Waals surface area contributed by atoms with Gasteiger partial charge in [-0.05, 0) is 34.4 Å². The minimum absolute atomic E-state index is 0.192. The van der Waals surface area contributed by atoms with Gasteiger partial charge in [0.1, 0.15) is 11.5 Å². The van der Waals surface area contributed by atoms with Crippen LogP contribution in [-0.4, -0.2) is 15.2 Å². The number of aromatic nitrogens is 1. The Morgan fingerprint density at radius 1 is 0.385 bits per heavy atom. The van der Waals surface area contributed by atoms with Crippen LogP contribution in [0.5, 0.6) is 11.5 Å².